The predicted molar refractivity (Wildman–Crippen MR) is 48.0 cm³/mol. The van der Waals surface area contributed by atoms with Crippen LogP contribution in [0.5, 0.6) is 0 Å². The monoisotopic (exact) mass is 214 g/mol. The molecule has 0 radical (unpaired) electrons. The Morgan fingerprint density at radius 1 is 1.73 bits per heavy atom. The Kier molecular flexibility index (Phi) is 3.38. The fourth-order valence-electron chi connectivity index (χ4n) is 0.871. The van der Waals surface area contributed by atoms with Crippen LogP contribution in [0.25, 0.3) is 0 Å². The molecule has 0 spiro atoms. The van der Waals surface area contributed by atoms with E-state index in [0.29, 0.717) is 11.8 Å². The summed E-state index contributed by atoms with van der Waals surface area (Å²) in [5.74, 6) is 5.94. The molecule has 0 saturated carbocycles. The lowest BCUT2D eigenvalue weighted by atomic mass is 10.0. The Labute approximate surface area is 74.3 Å². The highest BCUT2D eigenvalue weighted by Crippen LogP contribution is 2.15. The van der Waals surface area contributed by atoms with E-state index in [-0.39, 0.29) is 11.7 Å². The van der Waals surface area contributed by atoms with Crippen molar-refractivity contribution in [1.29, 1.82) is 0 Å². The SMILES string of the molecule is FC1=CCC(C#CCBr)C=C1. The third-order valence-electron chi connectivity index (χ3n) is 1.41. The van der Waals surface area contributed by atoms with Crippen LogP contribution in [0.15, 0.2) is 24.1 Å². The fraction of sp³-hybridized carbons (Fsp3) is 0.333. The van der Waals surface area contributed by atoms with E-state index in [4.69, 9.17) is 0 Å². The van der Waals surface area contributed by atoms with E-state index in [1.54, 1.807) is 12.2 Å². The number of halogens is 2. The molecule has 1 aliphatic rings. The third-order valence-corrected chi connectivity index (χ3v) is 1.69. The van der Waals surface area contributed by atoms with Gasteiger partial charge in [-0.1, -0.05) is 33.8 Å². The van der Waals surface area contributed by atoms with Gasteiger partial charge in [0, 0.05) is 5.92 Å². The first-order valence-corrected chi connectivity index (χ1v) is 4.53. The van der Waals surface area contributed by atoms with Crippen LogP contribution in [0.1, 0.15) is 6.42 Å². The summed E-state index contributed by atoms with van der Waals surface area (Å²) in [5.41, 5.74) is 0. The first-order valence-electron chi connectivity index (χ1n) is 3.41. The maximum Gasteiger partial charge on any atom is 0.119 e. The van der Waals surface area contributed by atoms with Crippen molar-refractivity contribution in [3.63, 3.8) is 0 Å². The second-order valence-electron chi connectivity index (χ2n) is 2.25. The summed E-state index contributed by atoms with van der Waals surface area (Å²) in [6, 6.07) is 0. The highest BCUT2D eigenvalue weighted by molar-refractivity contribution is 9.09. The lowest BCUT2D eigenvalue weighted by Gasteiger charge is -2.04. The molecule has 0 aliphatic heterocycles. The van der Waals surface area contributed by atoms with Gasteiger partial charge in [-0.2, -0.15) is 0 Å². The van der Waals surface area contributed by atoms with Crippen LogP contribution in [-0.2, 0) is 0 Å². The van der Waals surface area contributed by atoms with E-state index in [2.05, 4.69) is 27.8 Å². The van der Waals surface area contributed by atoms with E-state index >= 15 is 0 Å². The highest BCUT2D eigenvalue weighted by Gasteiger charge is 2.03. The van der Waals surface area contributed by atoms with E-state index in [0.717, 1.165) is 0 Å². The van der Waals surface area contributed by atoms with Crippen LogP contribution in [0, 0.1) is 17.8 Å². The molecular formula is C9H8BrF. The number of alkyl halides is 1. The van der Waals surface area contributed by atoms with Crippen molar-refractivity contribution in [3.8, 4) is 11.8 Å². The molecule has 0 N–H and O–H groups in total. The molecule has 0 saturated heterocycles. The van der Waals surface area contributed by atoms with Gasteiger partial charge in [0.2, 0.25) is 0 Å². The van der Waals surface area contributed by atoms with E-state index in [1.165, 1.54) is 6.08 Å². The van der Waals surface area contributed by atoms with Gasteiger partial charge in [0.1, 0.15) is 5.83 Å². The minimum absolute atomic E-state index is 0.151. The van der Waals surface area contributed by atoms with Crippen molar-refractivity contribution in [2.24, 2.45) is 5.92 Å². The van der Waals surface area contributed by atoms with Crippen LogP contribution >= 0.6 is 15.9 Å². The lowest BCUT2D eigenvalue weighted by molar-refractivity contribution is 0.641. The number of hydrogen-bond donors (Lipinski definition) is 0. The van der Waals surface area contributed by atoms with Gasteiger partial charge in [-0.3, -0.25) is 0 Å². The van der Waals surface area contributed by atoms with Crippen LogP contribution < -0.4 is 0 Å². The van der Waals surface area contributed by atoms with Gasteiger partial charge < -0.3 is 0 Å². The second kappa shape index (κ2) is 4.35. The molecule has 0 aromatic heterocycles. The molecular weight excluding hydrogens is 207 g/mol. The summed E-state index contributed by atoms with van der Waals surface area (Å²) in [6.45, 7) is 0. The van der Waals surface area contributed by atoms with E-state index in [1.807, 2.05) is 0 Å². The third kappa shape index (κ3) is 2.90. The Balaban J connectivity index is 2.49. The van der Waals surface area contributed by atoms with E-state index < -0.39 is 0 Å². The topological polar surface area (TPSA) is 0 Å². The summed E-state index contributed by atoms with van der Waals surface area (Å²) >= 11 is 3.20. The summed E-state index contributed by atoms with van der Waals surface area (Å²) in [4.78, 5) is 0. The first kappa shape index (κ1) is 8.55. The Bertz CT molecular complexity index is 242. The number of rotatable bonds is 0. The maximum absolute atomic E-state index is 12.4. The number of allylic oxidation sites excluding steroid dienone is 4. The summed E-state index contributed by atoms with van der Waals surface area (Å²) in [7, 11) is 0. The molecule has 0 aromatic rings. The molecule has 1 atom stereocenters. The zero-order valence-electron chi connectivity index (χ0n) is 5.98. The van der Waals surface area contributed by atoms with Gasteiger partial charge in [0.25, 0.3) is 0 Å². The molecule has 11 heavy (non-hydrogen) atoms. The molecule has 0 aromatic carbocycles. The zero-order valence-corrected chi connectivity index (χ0v) is 7.57. The molecule has 0 heterocycles. The molecule has 0 amide bonds. The van der Waals surface area contributed by atoms with Gasteiger partial charge in [0.15, 0.2) is 0 Å². The van der Waals surface area contributed by atoms with Crippen LogP contribution in [-0.4, -0.2) is 5.33 Å². The van der Waals surface area contributed by atoms with Gasteiger partial charge in [-0.05, 0) is 18.6 Å². The van der Waals surface area contributed by atoms with Gasteiger partial charge >= 0.3 is 0 Å². The quantitative estimate of drug-likeness (QED) is 0.430. The molecule has 1 rings (SSSR count). The molecule has 0 bridgehead atoms. The summed E-state index contributed by atoms with van der Waals surface area (Å²) < 4.78 is 12.4. The summed E-state index contributed by atoms with van der Waals surface area (Å²) in [6.07, 6.45) is 5.53. The number of hydrogen-bond acceptors (Lipinski definition) is 0. The minimum atomic E-state index is -0.151. The van der Waals surface area contributed by atoms with Gasteiger partial charge in [-0.25, -0.2) is 4.39 Å². The molecule has 1 aliphatic carbocycles. The van der Waals surface area contributed by atoms with Gasteiger partial charge in [-0.15, -0.1) is 0 Å². The van der Waals surface area contributed by atoms with Crippen molar-refractivity contribution in [1.82, 2.24) is 0 Å². The largest absolute Gasteiger partial charge is 0.207 e. The Morgan fingerprint density at radius 3 is 3.09 bits per heavy atom. The predicted octanol–water partition coefficient (Wildman–Crippen LogP) is 2.81. The van der Waals surface area contributed by atoms with E-state index in [9.17, 15) is 4.39 Å². The standard InChI is InChI=1S/C9H8BrF/c10-7-1-2-8-3-5-9(11)6-4-8/h3,5-6,8H,4,7H2. The molecule has 0 fully saturated rings. The normalized spacial score (nSPS) is 22.0. The highest BCUT2D eigenvalue weighted by atomic mass is 79.9. The van der Waals surface area contributed by atoms with Crippen LogP contribution in [0.4, 0.5) is 4.39 Å². The molecule has 0 nitrogen and oxygen atoms in total. The smallest absolute Gasteiger partial charge is 0.119 e. The van der Waals surface area contributed by atoms with Crippen molar-refractivity contribution in [3.05, 3.63) is 24.1 Å². The first-order chi connectivity index (χ1) is 5.33. The van der Waals surface area contributed by atoms with Crippen molar-refractivity contribution in [2.45, 2.75) is 6.42 Å². The zero-order chi connectivity index (χ0) is 8.10. The Morgan fingerprint density at radius 2 is 2.55 bits per heavy atom. The summed E-state index contributed by atoms with van der Waals surface area (Å²) in [5, 5.41) is 0.684. The van der Waals surface area contributed by atoms with Crippen LogP contribution in [0.3, 0.4) is 0 Å². The second-order valence-corrected chi connectivity index (χ2v) is 2.81. The molecule has 1 unspecified atom stereocenters. The van der Waals surface area contributed by atoms with Crippen molar-refractivity contribution < 1.29 is 4.39 Å². The average Bonchev–Trinajstić information content (AvgIpc) is 2.04. The Hall–Kier alpha value is -0.550. The molecule has 58 valence electrons. The lowest BCUT2D eigenvalue weighted by Crippen LogP contribution is -1.94. The van der Waals surface area contributed by atoms with Crippen molar-refractivity contribution in [2.75, 3.05) is 5.33 Å². The minimum Gasteiger partial charge on any atom is -0.207 e. The fourth-order valence-corrected chi connectivity index (χ4v) is 1.03. The molecule has 2 heteroatoms. The van der Waals surface area contributed by atoms with Gasteiger partial charge in [0.05, 0.1) is 5.33 Å². The van der Waals surface area contributed by atoms with Crippen LogP contribution in [0.2, 0.25) is 0 Å². The average molecular weight is 215 g/mol. The maximum atomic E-state index is 12.4. The van der Waals surface area contributed by atoms with Crippen molar-refractivity contribution >= 4 is 15.9 Å².